The van der Waals surface area contributed by atoms with Gasteiger partial charge in [0.1, 0.15) is 5.76 Å². The van der Waals surface area contributed by atoms with Crippen LogP contribution < -0.4 is 0 Å². The number of hydrogen-bond acceptors (Lipinski definition) is 3. The second-order valence-electron chi connectivity index (χ2n) is 8.46. The molecule has 1 unspecified atom stereocenters. The van der Waals surface area contributed by atoms with Gasteiger partial charge in [0.25, 0.3) is 11.7 Å². The zero-order chi connectivity index (χ0) is 21.3. The van der Waals surface area contributed by atoms with Crippen LogP contribution in [0.4, 0.5) is 0 Å². The number of carbonyl (C=O) groups is 2. The van der Waals surface area contributed by atoms with E-state index < -0.39 is 17.7 Å². The van der Waals surface area contributed by atoms with Crippen LogP contribution in [0.2, 0.25) is 0 Å². The standard InChI is InChI=1S/C26H29NO3/c1-3-18-11-15-19(16-12-18)23-22(24(28)20-13-9-17(2)10-14-20)25(29)26(30)27(23)21-7-5-4-6-8-21/h9-16,21,23,28H,3-8H2,1-2H3/b24-22-. The molecule has 156 valence electrons. The number of carbonyl (C=O) groups excluding carboxylic acids is 2. The minimum atomic E-state index is -0.580. The highest BCUT2D eigenvalue weighted by molar-refractivity contribution is 6.46. The van der Waals surface area contributed by atoms with Crippen LogP contribution in [0.15, 0.2) is 54.1 Å². The maximum Gasteiger partial charge on any atom is 0.295 e. The van der Waals surface area contributed by atoms with E-state index in [0.29, 0.717) is 5.56 Å². The van der Waals surface area contributed by atoms with Crippen LogP contribution in [-0.2, 0) is 16.0 Å². The molecule has 4 nitrogen and oxygen atoms in total. The van der Waals surface area contributed by atoms with Crippen molar-refractivity contribution in [1.29, 1.82) is 0 Å². The van der Waals surface area contributed by atoms with Gasteiger partial charge in [-0.1, -0.05) is 80.3 Å². The quantitative estimate of drug-likeness (QED) is 0.427. The van der Waals surface area contributed by atoms with Crippen LogP contribution in [0.5, 0.6) is 0 Å². The SMILES string of the molecule is CCc1ccc(C2/C(=C(/O)c3ccc(C)cc3)C(=O)C(=O)N2C2CCCCC2)cc1. The largest absolute Gasteiger partial charge is 0.507 e. The average molecular weight is 404 g/mol. The van der Waals surface area contributed by atoms with E-state index in [1.54, 1.807) is 17.0 Å². The highest BCUT2D eigenvalue weighted by Gasteiger charge is 2.48. The molecule has 0 aromatic heterocycles. The van der Waals surface area contributed by atoms with Crippen molar-refractivity contribution in [3.63, 3.8) is 0 Å². The normalized spacial score (nSPS) is 21.9. The highest BCUT2D eigenvalue weighted by atomic mass is 16.3. The van der Waals surface area contributed by atoms with Gasteiger partial charge >= 0.3 is 0 Å². The molecule has 2 aromatic rings. The summed E-state index contributed by atoms with van der Waals surface area (Å²) in [6, 6.07) is 15.0. The Morgan fingerprint density at radius 1 is 0.967 bits per heavy atom. The lowest BCUT2D eigenvalue weighted by atomic mass is 9.90. The van der Waals surface area contributed by atoms with Gasteiger partial charge in [-0.25, -0.2) is 0 Å². The van der Waals surface area contributed by atoms with Crippen LogP contribution in [0.25, 0.3) is 5.76 Å². The topological polar surface area (TPSA) is 57.6 Å². The van der Waals surface area contributed by atoms with E-state index in [1.165, 1.54) is 12.0 Å². The number of aliphatic hydroxyl groups excluding tert-OH is 1. The molecule has 30 heavy (non-hydrogen) atoms. The van der Waals surface area contributed by atoms with E-state index in [-0.39, 0.29) is 17.4 Å². The number of rotatable bonds is 4. The Labute approximate surface area is 178 Å². The van der Waals surface area contributed by atoms with Crippen molar-refractivity contribution in [3.05, 3.63) is 76.4 Å². The van der Waals surface area contributed by atoms with Crippen LogP contribution in [-0.4, -0.2) is 27.7 Å². The Balaban J connectivity index is 1.85. The molecule has 1 aliphatic carbocycles. The predicted octanol–water partition coefficient (Wildman–Crippen LogP) is 5.31. The van der Waals surface area contributed by atoms with Crippen molar-refractivity contribution in [1.82, 2.24) is 4.90 Å². The van der Waals surface area contributed by atoms with Crippen molar-refractivity contribution >= 4 is 17.4 Å². The molecule has 1 heterocycles. The summed E-state index contributed by atoms with van der Waals surface area (Å²) in [5, 5.41) is 11.1. The lowest BCUT2D eigenvalue weighted by Gasteiger charge is -2.35. The van der Waals surface area contributed by atoms with Crippen LogP contribution in [0, 0.1) is 6.92 Å². The molecule has 2 fully saturated rings. The summed E-state index contributed by atoms with van der Waals surface area (Å²) in [7, 11) is 0. The molecule has 1 atom stereocenters. The molecule has 2 aromatic carbocycles. The molecule has 1 saturated carbocycles. The van der Waals surface area contributed by atoms with Gasteiger partial charge in [0.2, 0.25) is 0 Å². The number of amides is 1. The molecule has 1 N–H and O–H groups in total. The van der Waals surface area contributed by atoms with Gasteiger partial charge in [0.05, 0.1) is 11.6 Å². The highest BCUT2D eigenvalue weighted by Crippen LogP contribution is 2.43. The fourth-order valence-electron chi connectivity index (χ4n) is 4.72. The van der Waals surface area contributed by atoms with E-state index >= 15 is 0 Å². The first-order chi connectivity index (χ1) is 14.5. The molecule has 0 radical (unpaired) electrons. The molecule has 2 aliphatic rings. The Morgan fingerprint density at radius 2 is 1.60 bits per heavy atom. The zero-order valence-electron chi connectivity index (χ0n) is 17.7. The van der Waals surface area contributed by atoms with Gasteiger partial charge in [-0.3, -0.25) is 9.59 Å². The van der Waals surface area contributed by atoms with E-state index in [0.717, 1.165) is 43.2 Å². The summed E-state index contributed by atoms with van der Waals surface area (Å²) in [5.41, 5.74) is 3.93. The molecular weight excluding hydrogens is 374 g/mol. The number of nitrogens with zero attached hydrogens (tertiary/aromatic N) is 1. The summed E-state index contributed by atoms with van der Waals surface area (Å²) < 4.78 is 0. The summed E-state index contributed by atoms with van der Waals surface area (Å²) in [4.78, 5) is 28.0. The molecule has 1 aliphatic heterocycles. The maximum absolute atomic E-state index is 13.1. The summed E-state index contributed by atoms with van der Waals surface area (Å²) in [6.45, 7) is 4.07. The predicted molar refractivity (Wildman–Crippen MR) is 118 cm³/mol. The Bertz CT molecular complexity index is 966. The Hall–Kier alpha value is -2.88. The smallest absolute Gasteiger partial charge is 0.295 e. The van der Waals surface area contributed by atoms with Gasteiger partial charge in [0.15, 0.2) is 0 Å². The summed E-state index contributed by atoms with van der Waals surface area (Å²) in [6.07, 6.45) is 6.02. The van der Waals surface area contributed by atoms with E-state index in [2.05, 4.69) is 6.92 Å². The van der Waals surface area contributed by atoms with Gasteiger partial charge < -0.3 is 10.0 Å². The number of aryl methyl sites for hydroxylation is 2. The number of hydrogen-bond donors (Lipinski definition) is 1. The lowest BCUT2D eigenvalue weighted by molar-refractivity contribution is -0.141. The van der Waals surface area contributed by atoms with Gasteiger partial charge in [0, 0.05) is 11.6 Å². The van der Waals surface area contributed by atoms with Crippen molar-refractivity contribution in [2.24, 2.45) is 0 Å². The number of Topliss-reactive ketones (excluding diaryl/α,β-unsaturated/α-hetero) is 1. The van der Waals surface area contributed by atoms with Crippen LogP contribution in [0.3, 0.4) is 0 Å². The van der Waals surface area contributed by atoms with Crippen molar-refractivity contribution in [2.75, 3.05) is 0 Å². The van der Waals surface area contributed by atoms with Crippen LogP contribution in [0.1, 0.15) is 67.3 Å². The van der Waals surface area contributed by atoms with E-state index in [9.17, 15) is 14.7 Å². The molecule has 4 heteroatoms. The van der Waals surface area contributed by atoms with Gasteiger partial charge in [-0.15, -0.1) is 0 Å². The van der Waals surface area contributed by atoms with Crippen LogP contribution >= 0.6 is 0 Å². The van der Waals surface area contributed by atoms with Gasteiger partial charge in [-0.05, 0) is 37.3 Å². The Kier molecular flexibility index (Phi) is 5.76. The van der Waals surface area contributed by atoms with Gasteiger partial charge in [-0.2, -0.15) is 0 Å². The molecule has 0 bridgehead atoms. The summed E-state index contributed by atoms with van der Waals surface area (Å²) in [5.74, 6) is -1.15. The number of likely N-dealkylation sites (tertiary alicyclic amines) is 1. The second-order valence-corrected chi connectivity index (χ2v) is 8.46. The fourth-order valence-corrected chi connectivity index (χ4v) is 4.72. The minimum absolute atomic E-state index is 0.0365. The second kappa shape index (κ2) is 8.47. The first-order valence-corrected chi connectivity index (χ1v) is 11.0. The fraction of sp³-hybridized carbons (Fsp3) is 0.385. The minimum Gasteiger partial charge on any atom is -0.507 e. The van der Waals surface area contributed by atoms with Crippen molar-refractivity contribution in [3.8, 4) is 0 Å². The lowest BCUT2D eigenvalue weighted by Crippen LogP contribution is -2.40. The Morgan fingerprint density at radius 3 is 2.20 bits per heavy atom. The summed E-state index contributed by atoms with van der Waals surface area (Å²) >= 11 is 0. The molecule has 4 rings (SSSR count). The number of benzene rings is 2. The average Bonchev–Trinajstić information content (AvgIpc) is 3.05. The van der Waals surface area contributed by atoms with Crippen molar-refractivity contribution in [2.45, 2.75) is 64.5 Å². The van der Waals surface area contributed by atoms with Crippen molar-refractivity contribution < 1.29 is 14.7 Å². The maximum atomic E-state index is 13.1. The zero-order valence-corrected chi connectivity index (χ0v) is 17.7. The number of ketones is 1. The third-order valence-electron chi connectivity index (χ3n) is 6.48. The van der Waals surface area contributed by atoms with E-state index in [4.69, 9.17) is 0 Å². The van der Waals surface area contributed by atoms with E-state index in [1.807, 2.05) is 43.3 Å². The molecule has 1 amide bonds. The molecule has 0 spiro atoms. The third-order valence-corrected chi connectivity index (χ3v) is 6.48. The first kappa shape index (κ1) is 20.4. The third kappa shape index (κ3) is 3.67. The molecular formula is C26H29NO3. The number of aliphatic hydroxyl groups is 1. The monoisotopic (exact) mass is 403 g/mol. The molecule has 1 saturated heterocycles. The first-order valence-electron chi connectivity index (χ1n) is 11.0.